The predicted octanol–water partition coefficient (Wildman–Crippen LogP) is 1.55. The van der Waals surface area contributed by atoms with Crippen LogP contribution in [0.4, 0.5) is 0 Å². The largest absolute Gasteiger partial charge is 0.364 e. The molecule has 0 saturated carbocycles. The molecule has 72 valence electrons. The van der Waals surface area contributed by atoms with Crippen LogP contribution >= 0.6 is 0 Å². The average molecular weight is 180 g/mol. The van der Waals surface area contributed by atoms with E-state index in [0.717, 1.165) is 16.8 Å². The molecule has 0 unspecified atom stereocenters. The second-order valence-electron chi connectivity index (χ2n) is 4.02. The molecule has 0 aromatic carbocycles. The van der Waals surface area contributed by atoms with Gasteiger partial charge in [0.15, 0.2) is 5.78 Å². The van der Waals surface area contributed by atoms with Crippen molar-refractivity contribution in [2.45, 2.75) is 33.2 Å². The highest BCUT2D eigenvalue weighted by Gasteiger charge is 2.26. The van der Waals surface area contributed by atoms with Gasteiger partial charge in [0, 0.05) is 17.5 Å². The van der Waals surface area contributed by atoms with Crippen LogP contribution in [0.2, 0.25) is 0 Å². The van der Waals surface area contributed by atoms with Gasteiger partial charge in [-0.15, -0.1) is 0 Å². The number of aromatic amines is 1. The van der Waals surface area contributed by atoms with E-state index in [2.05, 4.69) is 4.98 Å². The summed E-state index contributed by atoms with van der Waals surface area (Å²) < 4.78 is 0. The maximum atomic E-state index is 11.8. The van der Waals surface area contributed by atoms with Crippen LogP contribution in [0.15, 0.2) is 6.20 Å². The number of H-pyrrole nitrogens is 1. The molecular formula is C10H16N2O. The van der Waals surface area contributed by atoms with E-state index in [4.69, 9.17) is 5.73 Å². The van der Waals surface area contributed by atoms with Gasteiger partial charge in [-0.1, -0.05) is 0 Å². The molecule has 0 aliphatic rings. The molecule has 3 N–H and O–H groups in total. The van der Waals surface area contributed by atoms with Gasteiger partial charge in [-0.25, -0.2) is 0 Å². The van der Waals surface area contributed by atoms with Crippen molar-refractivity contribution in [3.63, 3.8) is 0 Å². The van der Waals surface area contributed by atoms with E-state index in [-0.39, 0.29) is 5.78 Å². The summed E-state index contributed by atoms with van der Waals surface area (Å²) in [5.41, 5.74) is 7.53. The summed E-state index contributed by atoms with van der Waals surface area (Å²) in [7, 11) is 0. The predicted molar refractivity (Wildman–Crippen MR) is 52.9 cm³/mol. The molecule has 1 heterocycles. The van der Waals surface area contributed by atoms with Gasteiger partial charge >= 0.3 is 0 Å². The van der Waals surface area contributed by atoms with E-state index in [1.807, 2.05) is 20.0 Å². The first-order valence-electron chi connectivity index (χ1n) is 4.32. The first-order chi connectivity index (χ1) is 5.84. The molecule has 0 saturated heterocycles. The molecular weight excluding hydrogens is 164 g/mol. The first-order valence-corrected chi connectivity index (χ1v) is 4.32. The van der Waals surface area contributed by atoms with Crippen LogP contribution in [0.25, 0.3) is 0 Å². The van der Waals surface area contributed by atoms with E-state index in [0.29, 0.717) is 0 Å². The summed E-state index contributed by atoms with van der Waals surface area (Å²) >= 11 is 0. The first kappa shape index (κ1) is 9.99. The van der Waals surface area contributed by atoms with Gasteiger partial charge in [-0.05, 0) is 33.3 Å². The number of Topliss-reactive ketones (excluding diaryl/α,β-unsaturated/α-hetero) is 1. The Labute approximate surface area is 78.3 Å². The molecule has 1 rings (SSSR count). The van der Waals surface area contributed by atoms with Crippen molar-refractivity contribution in [2.24, 2.45) is 5.73 Å². The quantitative estimate of drug-likeness (QED) is 0.678. The minimum atomic E-state index is -0.794. The Morgan fingerprint density at radius 2 is 2.00 bits per heavy atom. The summed E-state index contributed by atoms with van der Waals surface area (Å²) in [5.74, 6) is -0.0104. The van der Waals surface area contributed by atoms with Gasteiger partial charge in [0.05, 0.1) is 5.54 Å². The fraction of sp³-hybridized carbons (Fsp3) is 0.500. The molecule has 0 atom stereocenters. The summed E-state index contributed by atoms with van der Waals surface area (Å²) in [5, 5.41) is 0. The van der Waals surface area contributed by atoms with Crippen molar-refractivity contribution < 1.29 is 4.79 Å². The summed E-state index contributed by atoms with van der Waals surface area (Å²) in [4.78, 5) is 14.8. The number of nitrogens with one attached hydrogen (secondary N) is 1. The van der Waals surface area contributed by atoms with E-state index >= 15 is 0 Å². The summed E-state index contributed by atoms with van der Waals surface area (Å²) in [6, 6.07) is 0. The third-order valence-electron chi connectivity index (χ3n) is 2.09. The Morgan fingerprint density at radius 1 is 1.46 bits per heavy atom. The SMILES string of the molecule is Cc1c[nH]c(C)c1C(=O)C(C)(C)N. The van der Waals surface area contributed by atoms with Crippen LogP contribution in [0, 0.1) is 13.8 Å². The number of hydrogen-bond donors (Lipinski definition) is 2. The van der Waals surface area contributed by atoms with Gasteiger partial charge < -0.3 is 10.7 Å². The number of nitrogens with two attached hydrogens (primary N) is 1. The number of rotatable bonds is 2. The maximum absolute atomic E-state index is 11.8. The molecule has 0 fully saturated rings. The molecule has 1 aromatic rings. The fourth-order valence-electron chi connectivity index (χ4n) is 1.33. The third kappa shape index (κ3) is 1.80. The van der Waals surface area contributed by atoms with Crippen molar-refractivity contribution in [2.75, 3.05) is 0 Å². The van der Waals surface area contributed by atoms with E-state index in [1.54, 1.807) is 13.8 Å². The van der Waals surface area contributed by atoms with Crippen LogP contribution in [0.3, 0.4) is 0 Å². The van der Waals surface area contributed by atoms with Crippen molar-refractivity contribution >= 4 is 5.78 Å². The molecule has 0 aliphatic carbocycles. The lowest BCUT2D eigenvalue weighted by atomic mass is 9.92. The third-order valence-corrected chi connectivity index (χ3v) is 2.09. The van der Waals surface area contributed by atoms with Crippen molar-refractivity contribution in [3.8, 4) is 0 Å². The Bertz CT molecular complexity index is 312. The van der Waals surface area contributed by atoms with Gasteiger partial charge in [0.2, 0.25) is 0 Å². The molecule has 13 heavy (non-hydrogen) atoms. The smallest absolute Gasteiger partial charge is 0.184 e. The number of aryl methyl sites for hydroxylation is 2. The van der Waals surface area contributed by atoms with E-state index in [1.165, 1.54) is 0 Å². The van der Waals surface area contributed by atoms with E-state index < -0.39 is 5.54 Å². The molecule has 0 bridgehead atoms. The maximum Gasteiger partial charge on any atom is 0.184 e. The van der Waals surface area contributed by atoms with Gasteiger partial charge in [0.1, 0.15) is 0 Å². The van der Waals surface area contributed by atoms with Crippen molar-refractivity contribution in [1.29, 1.82) is 0 Å². The van der Waals surface area contributed by atoms with Gasteiger partial charge in [-0.3, -0.25) is 4.79 Å². The number of carbonyl (C=O) groups excluding carboxylic acids is 1. The fourth-order valence-corrected chi connectivity index (χ4v) is 1.33. The number of ketones is 1. The standard InChI is InChI=1S/C10H16N2O/c1-6-5-12-7(2)8(6)9(13)10(3,4)11/h5,12H,11H2,1-4H3. The minimum Gasteiger partial charge on any atom is -0.364 e. The summed E-state index contributed by atoms with van der Waals surface area (Å²) in [6.07, 6.45) is 1.83. The van der Waals surface area contributed by atoms with Crippen LogP contribution in [-0.4, -0.2) is 16.3 Å². The molecule has 0 radical (unpaired) electrons. The highest BCUT2D eigenvalue weighted by atomic mass is 16.1. The Balaban J connectivity index is 3.16. The van der Waals surface area contributed by atoms with Crippen LogP contribution in [-0.2, 0) is 0 Å². The molecule has 0 aliphatic heterocycles. The minimum absolute atomic E-state index is 0.0104. The Kier molecular flexibility index (Phi) is 2.30. The zero-order valence-electron chi connectivity index (χ0n) is 8.56. The zero-order valence-corrected chi connectivity index (χ0v) is 8.56. The molecule has 1 aromatic heterocycles. The zero-order chi connectivity index (χ0) is 10.2. The van der Waals surface area contributed by atoms with Crippen LogP contribution in [0.5, 0.6) is 0 Å². The highest BCUT2D eigenvalue weighted by molar-refractivity contribution is 6.04. The lowest BCUT2D eigenvalue weighted by molar-refractivity contribution is 0.0912. The highest BCUT2D eigenvalue weighted by Crippen LogP contribution is 2.17. The lowest BCUT2D eigenvalue weighted by Gasteiger charge is -2.17. The number of carbonyl (C=O) groups is 1. The van der Waals surface area contributed by atoms with Crippen LogP contribution < -0.4 is 5.73 Å². The molecule has 0 amide bonds. The molecule has 3 heteroatoms. The lowest BCUT2D eigenvalue weighted by Crippen LogP contribution is -2.41. The summed E-state index contributed by atoms with van der Waals surface area (Å²) in [6.45, 7) is 7.23. The second-order valence-corrected chi connectivity index (χ2v) is 4.02. The average Bonchev–Trinajstić information content (AvgIpc) is 2.28. The Morgan fingerprint density at radius 3 is 2.31 bits per heavy atom. The topological polar surface area (TPSA) is 58.9 Å². The number of hydrogen-bond acceptors (Lipinski definition) is 2. The van der Waals surface area contributed by atoms with E-state index in [9.17, 15) is 4.79 Å². The van der Waals surface area contributed by atoms with Crippen molar-refractivity contribution in [3.05, 3.63) is 23.0 Å². The Hall–Kier alpha value is -1.09. The van der Waals surface area contributed by atoms with Gasteiger partial charge in [-0.2, -0.15) is 0 Å². The van der Waals surface area contributed by atoms with Gasteiger partial charge in [0.25, 0.3) is 0 Å². The van der Waals surface area contributed by atoms with Crippen molar-refractivity contribution in [1.82, 2.24) is 4.98 Å². The molecule has 3 nitrogen and oxygen atoms in total. The second kappa shape index (κ2) is 3.00. The molecule has 0 spiro atoms. The number of aromatic nitrogens is 1. The van der Waals surface area contributed by atoms with Crippen LogP contribution in [0.1, 0.15) is 35.5 Å². The normalized spacial score (nSPS) is 11.8. The monoisotopic (exact) mass is 180 g/mol.